The fourth-order valence-corrected chi connectivity index (χ4v) is 3.47. The Labute approximate surface area is 140 Å². The molecule has 0 aromatic heterocycles. The molecular weight excluding hydrogens is 354 g/mol. The highest BCUT2D eigenvalue weighted by Gasteiger charge is 2.31. The Morgan fingerprint density at radius 1 is 1.24 bits per heavy atom. The van der Waals surface area contributed by atoms with Gasteiger partial charge in [-0.25, -0.2) is 0 Å². The summed E-state index contributed by atoms with van der Waals surface area (Å²) in [7, 11) is 0. The van der Waals surface area contributed by atoms with Crippen LogP contribution >= 0.6 is 28.3 Å². The first-order chi connectivity index (χ1) is 9.74. The quantitative estimate of drug-likeness (QED) is 0.860. The molecule has 1 atom stereocenters. The van der Waals surface area contributed by atoms with Crippen molar-refractivity contribution in [1.82, 2.24) is 15.1 Å². The number of carbonyl (C=O) groups excluding carboxylic acids is 1. The first-order valence-corrected chi connectivity index (χ1v) is 8.03. The number of hydrogen-bond donors (Lipinski definition) is 1. The molecule has 0 saturated carbocycles. The number of hydrogen-bond acceptors (Lipinski definition) is 3. The highest BCUT2D eigenvalue weighted by molar-refractivity contribution is 9.10. The van der Waals surface area contributed by atoms with E-state index in [2.05, 4.69) is 26.1 Å². The Balaban J connectivity index is 0.00000161. The molecule has 0 radical (unpaired) electrons. The number of amides is 1. The normalized spacial score (nSPS) is 22.9. The number of nitrogens with zero attached hydrogens (tertiary/aromatic N) is 2. The van der Waals surface area contributed by atoms with Gasteiger partial charge in [0.2, 0.25) is 0 Å². The lowest BCUT2D eigenvalue weighted by atomic mass is 10.2. The number of halogens is 2. The minimum atomic E-state index is 0. The molecule has 1 aromatic carbocycles. The van der Waals surface area contributed by atoms with Crippen molar-refractivity contribution < 1.29 is 4.79 Å². The van der Waals surface area contributed by atoms with Gasteiger partial charge >= 0.3 is 0 Å². The summed E-state index contributed by atoms with van der Waals surface area (Å²) in [4.78, 5) is 17.0. The molecule has 2 saturated heterocycles. The number of piperazine rings is 1. The molecule has 21 heavy (non-hydrogen) atoms. The van der Waals surface area contributed by atoms with Crippen LogP contribution in [-0.4, -0.2) is 61.0 Å². The standard InChI is InChI=1S/C15H20BrN3O.ClH/c16-13-3-1-2-12(10-13)15(20)19-7-4-14(11-19)18-8-5-17-6-9-18;/h1-3,10,14,17H,4-9,11H2;1H. The molecular formula is C15H21BrClN3O. The van der Waals surface area contributed by atoms with Crippen molar-refractivity contribution >= 4 is 34.2 Å². The summed E-state index contributed by atoms with van der Waals surface area (Å²) in [5, 5.41) is 3.38. The van der Waals surface area contributed by atoms with Crippen LogP contribution in [0.5, 0.6) is 0 Å². The van der Waals surface area contributed by atoms with Gasteiger partial charge in [0.15, 0.2) is 0 Å². The largest absolute Gasteiger partial charge is 0.337 e. The monoisotopic (exact) mass is 373 g/mol. The maximum atomic E-state index is 12.5. The molecule has 0 bridgehead atoms. The minimum Gasteiger partial charge on any atom is -0.337 e. The van der Waals surface area contributed by atoms with E-state index >= 15 is 0 Å². The molecule has 0 aliphatic carbocycles. The predicted molar refractivity (Wildman–Crippen MR) is 90.1 cm³/mol. The van der Waals surface area contributed by atoms with Gasteiger partial charge in [-0.3, -0.25) is 9.69 Å². The Bertz CT molecular complexity index is 494. The third kappa shape index (κ3) is 3.97. The smallest absolute Gasteiger partial charge is 0.253 e. The van der Waals surface area contributed by atoms with E-state index in [1.54, 1.807) is 0 Å². The van der Waals surface area contributed by atoms with Crippen LogP contribution < -0.4 is 5.32 Å². The maximum Gasteiger partial charge on any atom is 0.253 e. The minimum absolute atomic E-state index is 0. The van der Waals surface area contributed by atoms with Crippen molar-refractivity contribution in [2.24, 2.45) is 0 Å². The number of carbonyl (C=O) groups is 1. The second kappa shape index (κ2) is 7.58. The summed E-state index contributed by atoms with van der Waals surface area (Å²) < 4.78 is 0.959. The molecule has 2 aliphatic heterocycles. The summed E-state index contributed by atoms with van der Waals surface area (Å²) in [6.07, 6.45) is 1.10. The lowest BCUT2D eigenvalue weighted by molar-refractivity contribution is 0.0773. The van der Waals surface area contributed by atoms with Gasteiger partial charge in [0.1, 0.15) is 0 Å². The summed E-state index contributed by atoms with van der Waals surface area (Å²) in [5.41, 5.74) is 0.778. The second-order valence-electron chi connectivity index (χ2n) is 5.49. The zero-order valence-corrected chi connectivity index (χ0v) is 14.3. The number of benzene rings is 1. The van der Waals surface area contributed by atoms with Gasteiger partial charge in [-0.05, 0) is 24.6 Å². The van der Waals surface area contributed by atoms with E-state index in [-0.39, 0.29) is 18.3 Å². The van der Waals surface area contributed by atoms with Crippen LogP contribution in [-0.2, 0) is 0 Å². The highest BCUT2D eigenvalue weighted by Crippen LogP contribution is 2.20. The van der Waals surface area contributed by atoms with Crippen LogP contribution in [0, 0.1) is 0 Å². The Morgan fingerprint density at radius 3 is 2.71 bits per heavy atom. The Morgan fingerprint density at radius 2 is 2.00 bits per heavy atom. The van der Waals surface area contributed by atoms with Gasteiger partial charge < -0.3 is 10.2 Å². The fraction of sp³-hybridized carbons (Fsp3) is 0.533. The van der Waals surface area contributed by atoms with Gasteiger partial charge in [0, 0.05) is 55.3 Å². The van der Waals surface area contributed by atoms with Crippen LogP contribution in [0.3, 0.4) is 0 Å². The van der Waals surface area contributed by atoms with E-state index in [0.29, 0.717) is 6.04 Å². The summed E-state index contributed by atoms with van der Waals surface area (Å²) in [5.74, 6) is 0.156. The molecule has 0 spiro atoms. The zero-order chi connectivity index (χ0) is 13.9. The summed E-state index contributed by atoms with van der Waals surface area (Å²) in [6.45, 7) is 6.07. The Hall–Kier alpha value is -0.620. The van der Waals surface area contributed by atoms with Crippen LogP contribution in [0.2, 0.25) is 0 Å². The molecule has 2 heterocycles. The van der Waals surface area contributed by atoms with Gasteiger partial charge in [0.25, 0.3) is 5.91 Å². The van der Waals surface area contributed by atoms with Crippen molar-refractivity contribution in [3.05, 3.63) is 34.3 Å². The van der Waals surface area contributed by atoms with Crippen molar-refractivity contribution in [3.63, 3.8) is 0 Å². The molecule has 1 N–H and O–H groups in total. The lowest BCUT2D eigenvalue weighted by Gasteiger charge is -2.32. The fourth-order valence-electron chi connectivity index (χ4n) is 3.08. The van der Waals surface area contributed by atoms with E-state index < -0.39 is 0 Å². The van der Waals surface area contributed by atoms with E-state index in [4.69, 9.17) is 0 Å². The van der Waals surface area contributed by atoms with Gasteiger partial charge in [-0.1, -0.05) is 22.0 Å². The van der Waals surface area contributed by atoms with Crippen molar-refractivity contribution in [2.45, 2.75) is 12.5 Å². The van der Waals surface area contributed by atoms with Crippen molar-refractivity contribution in [2.75, 3.05) is 39.3 Å². The second-order valence-corrected chi connectivity index (χ2v) is 6.41. The van der Waals surface area contributed by atoms with Crippen molar-refractivity contribution in [1.29, 1.82) is 0 Å². The van der Waals surface area contributed by atoms with E-state index in [1.165, 1.54) is 0 Å². The molecule has 2 aliphatic rings. The van der Waals surface area contributed by atoms with Crippen molar-refractivity contribution in [3.8, 4) is 0 Å². The summed E-state index contributed by atoms with van der Waals surface area (Å²) >= 11 is 3.43. The highest BCUT2D eigenvalue weighted by atomic mass is 79.9. The average molecular weight is 375 g/mol. The predicted octanol–water partition coefficient (Wildman–Crippen LogP) is 1.99. The van der Waals surface area contributed by atoms with Gasteiger partial charge in [-0.2, -0.15) is 0 Å². The van der Waals surface area contributed by atoms with Crippen LogP contribution in [0.1, 0.15) is 16.8 Å². The molecule has 4 nitrogen and oxygen atoms in total. The van der Waals surface area contributed by atoms with E-state index in [1.807, 2.05) is 29.2 Å². The molecule has 2 fully saturated rings. The van der Waals surface area contributed by atoms with Crippen LogP contribution in [0.4, 0.5) is 0 Å². The van der Waals surface area contributed by atoms with Gasteiger partial charge in [0.05, 0.1) is 0 Å². The van der Waals surface area contributed by atoms with Gasteiger partial charge in [-0.15, -0.1) is 12.4 Å². The molecule has 6 heteroatoms. The van der Waals surface area contributed by atoms with Crippen LogP contribution in [0.25, 0.3) is 0 Å². The third-order valence-corrected chi connectivity index (χ3v) is 4.68. The number of rotatable bonds is 2. The number of nitrogens with one attached hydrogen (secondary N) is 1. The van der Waals surface area contributed by atoms with Crippen LogP contribution in [0.15, 0.2) is 28.7 Å². The first kappa shape index (κ1) is 16.7. The summed E-state index contributed by atoms with van der Waals surface area (Å²) in [6, 6.07) is 8.20. The van der Waals surface area contributed by atoms with E-state index in [9.17, 15) is 4.79 Å². The maximum absolute atomic E-state index is 12.5. The topological polar surface area (TPSA) is 35.6 Å². The number of likely N-dealkylation sites (tertiary alicyclic amines) is 1. The zero-order valence-electron chi connectivity index (χ0n) is 11.9. The molecule has 116 valence electrons. The van der Waals surface area contributed by atoms with E-state index in [0.717, 1.165) is 55.7 Å². The SMILES string of the molecule is Cl.O=C(c1cccc(Br)c1)N1CCC(N2CCNCC2)C1. The molecule has 1 amide bonds. The molecule has 3 rings (SSSR count). The molecule has 1 unspecified atom stereocenters. The average Bonchev–Trinajstić information content (AvgIpc) is 2.97. The Kier molecular flexibility index (Phi) is 6.05. The third-order valence-electron chi connectivity index (χ3n) is 4.19. The molecule has 1 aromatic rings. The lowest BCUT2D eigenvalue weighted by Crippen LogP contribution is -2.49. The first-order valence-electron chi connectivity index (χ1n) is 7.23.